The Labute approximate surface area is 124 Å². The van der Waals surface area contributed by atoms with E-state index in [1.807, 2.05) is 4.72 Å². The lowest BCUT2D eigenvalue weighted by molar-refractivity contribution is 0.560. The Morgan fingerprint density at radius 3 is 2.67 bits per heavy atom. The van der Waals surface area contributed by atoms with Gasteiger partial charge >= 0.3 is 0 Å². The van der Waals surface area contributed by atoms with E-state index in [1.54, 1.807) is 0 Å². The zero-order chi connectivity index (χ0) is 15.6. The molecule has 0 aliphatic carbocycles. The van der Waals surface area contributed by atoms with Gasteiger partial charge in [0.05, 0.1) is 0 Å². The van der Waals surface area contributed by atoms with E-state index in [0.717, 1.165) is 18.2 Å². The number of sulfonamides is 1. The molecule has 0 radical (unpaired) electrons. The van der Waals surface area contributed by atoms with Crippen molar-refractivity contribution >= 4 is 27.4 Å². The van der Waals surface area contributed by atoms with Crippen molar-refractivity contribution in [3.05, 3.63) is 51.0 Å². The molecule has 7 nitrogen and oxygen atoms in total. The van der Waals surface area contributed by atoms with E-state index in [2.05, 4.69) is 10.2 Å². The number of nitrogens with two attached hydrogens (primary N) is 1. The number of aromatic nitrogens is 2. The van der Waals surface area contributed by atoms with Crippen molar-refractivity contribution in [1.29, 1.82) is 0 Å². The second-order valence-electron chi connectivity index (χ2n) is 3.99. The van der Waals surface area contributed by atoms with Gasteiger partial charge in [-0.1, -0.05) is 11.6 Å². The van der Waals surface area contributed by atoms with Crippen LogP contribution in [0.3, 0.4) is 0 Å². The van der Waals surface area contributed by atoms with Gasteiger partial charge in [-0.25, -0.2) is 17.9 Å². The molecule has 0 fully saturated rings. The minimum atomic E-state index is -4.26. The van der Waals surface area contributed by atoms with Crippen LogP contribution in [0, 0.1) is 5.82 Å². The van der Waals surface area contributed by atoms with Gasteiger partial charge in [-0.05, 0) is 18.2 Å². The molecule has 0 atom stereocenters. The summed E-state index contributed by atoms with van der Waals surface area (Å²) in [6.45, 7) is -0.203. The number of benzene rings is 1. The highest BCUT2D eigenvalue weighted by atomic mass is 35.5. The van der Waals surface area contributed by atoms with Gasteiger partial charge in [0.1, 0.15) is 10.7 Å². The van der Waals surface area contributed by atoms with E-state index in [4.69, 9.17) is 17.3 Å². The summed E-state index contributed by atoms with van der Waals surface area (Å²) in [4.78, 5) is 10.2. The van der Waals surface area contributed by atoms with E-state index in [1.165, 1.54) is 6.07 Å². The third kappa shape index (κ3) is 3.38. The first-order valence-corrected chi connectivity index (χ1v) is 7.46. The largest absolute Gasteiger partial charge is 0.326 e. The highest BCUT2D eigenvalue weighted by Gasteiger charge is 2.22. The fourth-order valence-electron chi connectivity index (χ4n) is 1.56. The normalized spacial score (nSPS) is 11.4. The molecule has 4 N–H and O–H groups in total. The molecule has 1 aromatic heterocycles. The third-order valence-corrected chi connectivity index (χ3v) is 4.08. The number of hydrogen-bond acceptors (Lipinski definition) is 5. The summed E-state index contributed by atoms with van der Waals surface area (Å²) in [5.74, 6) is -1.15. The molecule has 0 aliphatic rings. The van der Waals surface area contributed by atoms with E-state index >= 15 is 0 Å². The van der Waals surface area contributed by atoms with E-state index in [-0.39, 0.29) is 22.9 Å². The van der Waals surface area contributed by atoms with E-state index in [0.29, 0.717) is 0 Å². The van der Waals surface area contributed by atoms with Crippen molar-refractivity contribution in [2.75, 3.05) is 4.72 Å². The van der Waals surface area contributed by atoms with Crippen LogP contribution in [0.2, 0.25) is 5.02 Å². The van der Waals surface area contributed by atoms with Crippen molar-refractivity contribution in [3.8, 4) is 0 Å². The van der Waals surface area contributed by atoms with Crippen LogP contribution in [0.5, 0.6) is 0 Å². The number of anilines is 1. The number of H-pyrrole nitrogens is 1. The van der Waals surface area contributed by atoms with Crippen LogP contribution in [-0.2, 0) is 16.6 Å². The monoisotopic (exact) mass is 332 g/mol. The summed E-state index contributed by atoms with van der Waals surface area (Å²) in [6, 6.07) is 4.42. The van der Waals surface area contributed by atoms with Crippen LogP contribution in [0.25, 0.3) is 0 Å². The minimum absolute atomic E-state index is 0.0303. The molecule has 2 aromatic rings. The van der Waals surface area contributed by atoms with Crippen LogP contribution in [-0.4, -0.2) is 18.6 Å². The number of aromatic amines is 1. The summed E-state index contributed by atoms with van der Waals surface area (Å²) in [5, 5.41) is 5.56. The van der Waals surface area contributed by atoms with Crippen molar-refractivity contribution < 1.29 is 12.8 Å². The average Bonchev–Trinajstić information content (AvgIpc) is 2.43. The van der Waals surface area contributed by atoms with Crippen molar-refractivity contribution in [2.45, 2.75) is 11.4 Å². The van der Waals surface area contributed by atoms with Crippen molar-refractivity contribution in [1.82, 2.24) is 10.2 Å². The van der Waals surface area contributed by atoms with Gasteiger partial charge in [0.15, 0.2) is 5.82 Å². The molecule has 0 saturated heterocycles. The van der Waals surface area contributed by atoms with Gasteiger partial charge in [-0.3, -0.25) is 9.52 Å². The first-order valence-electron chi connectivity index (χ1n) is 5.60. The molecule has 0 amide bonds. The average molecular weight is 333 g/mol. The van der Waals surface area contributed by atoms with Crippen LogP contribution in [0.1, 0.15) is 5.56 Å². The minimum Gasteiger partial charge on any atom is -0.326 e. The Morgan fingerprint density at radius 2 is 2.10 bits per heavy atom. The van der Waals surface area contributed by atoms with Crippen LogP contribution in [0.15, 0.2) is 34.0 Å². The third-order valence-electron chi connectivity index (χ3n) is 2.51. The maximum absolute atomic E-state index is 14.1. The second kappa shape index (κ2) is 5.80. The van der Waals surface area contributed by atoms with Gasteiger partial charge < -0.3 is 5.73 Å². The van der Waals surface area contributed by atoms with Crippen molar-refractivity contribution in [3.63, 3.8) is 0 Å². The summed E-state index contributed by atoms with van der Waals surface area (Å²) in [5.41, 5.74) is 4.80. The number of nitrogens with zero attached hydrogens (tertiary/aromatic N) is 1. The van der Waals surface area contributed by atoms with Gasteiger partial charge in [0.25, 0.3) is 15.6 Å². The second-order valence-corrected chi connectivity index (χ2v) is 6.08. The lowest BCUT2D eigenvalue weighted by Crippen LogP contribution is -2.18. The SMILES string of the molecule is NCc1cc(Cl)cc(S(=O)(=O)Nc2ccc(=O)[nH]n2)c1F. The lowest BCUT2D eigenvalue weighted by atomic mass is 10.2. The zero-order valence-electron chi connectivity index (χ0n) is 10.4. The summed E-state index contributed by atoms with van der Waals surface area (Å²) >= 11 is 5.75. The fraction of sp³-hybridized carbons (Fsp3) is 0.0909. The zero-order valence-corrected chi connectivity index (χ0v) is 12.0. The molecule has 2 rings (SSSR count). The maximum atomic E-state index is 14.1. The quantitative estimate of drug-likeness (QED) is 0.766. The molecule has 0 aliphatic heterocycles. The van der Waals surface area contributed by atoms with Crippen molar-refractivity contribution in [2.24, 2.45) is 5.73 Å². The first-order chi connectivity index (χ1) is 9.83. The molecule has 0 unspecified atom stereocenters. The van der Waals surface area contributed by atoms with E-state index in [9.17, 15) is 17.6 Å². The molecule has 0 spiro atoms. The van der Waals surface area contributed by atoms with Crippen LogP contribution >= 0.6 is 11.6 Å². The number of rotatable bonds is 4. The first kappa shape index (κ1) is 15.4. The molecule has 10 heteroatoms. The topological polar surface area (TPSA) is 118 Å². The summed E-state index contributed by atoms with van der Waals surface area (Å²) in [6.07, 6.45) is 0. The number of nitrogens with one attached hydrogen (secondary N) is 2. The summed E-state index contributed by atoms with van der Waals surface area (Å²) in [7, 11) is -4.26. The predicted octanol–water partition coefficient (Wildman–Crippen LogP) is 0.822. The summed E-state index contributed by atoms with van der Waals surface area (Å²) < 4.78 is 40.4. The molecule has 21 heavy (non-hydrogen) atoms. The lowest BCUT2D eigenvalue weighted by Gasteiger charge is -2.10. The molecule has 1 heterocycles. The number of hydrogen-bond donors (Lipinski definition) is 3. The molecule has 1 aromatic carbocycles. The molecule has 0 bridgehead atoms. The standard InChI is InChI=1S/C11H10ClFN4O3S/c12-7-3-6(5-14)11(13)8(4-7)21(19,20)17-9-1-2-10(18)16-15-9/h1-4H,5,14H2,(H,15,17)(H,16,18). The Balaban J connectivity index is 2.47. The van der Waals surface area contributed by atoms with Gasteiger partial charge in [0.2, 0.25) is 0 Å². The molecular weight excluding hydrogens is 323 g/mol. The maximum Gasteiger partial charge on any atom is 0.266 e. The van der Waals surface area contributed by atoms with Crippen LogP contribution < -0.4 is 16.0 Å². The Kier molecular flexibility index (Phi) is 4.26. The number of halogens is 2. The molecular formula is C11H10ClFN4O3S. The van der Waals surface area contributed by atoms with Gasteiger partial charge in [-0.15, -0.1) is 0 Å². The van der Waals surface area contributed by atoms with Crippen LogP contribution in [0.4, 0.5) is 10.2 Å². The predicted molar refractivity (Wildman–Crippen MR) is 75.0 cm³/mol. The molecule has 112 valence electrons. The molecule has 0 saturated carbocycles. The fourth-order valence-corrected chi connectivity index (χ4v) is 3.01. The Morgan fingerprint density at radius 1 is 1.38 bits per heavy atom. The van der Waals surface area contributed by atoms with E-state index < -0.39 is 26.3 Å². The highest BCUT2D eigenvalue weighted by molar-refractivity contribution is 7.92. The smallest absolute Gasteiger partial charge is 0.266 e. The Hall–Kier alpha value is -1.97. The Bertz CT molecular complexity index is 817. The van der Waals surface area contributed by atoms with Gasteiger partial charge in [-0.2, -0.15) is 5.10 Å². The van der Waals surface area contributed by atoms with Gasteiger partial charge in [0, 0.05) is 23.2 Å². The highest BCUT2D eigenvalue weighted by Crippen LogP contribution is 2.24.